The molecule has 3 aliphatic rings. The number of methoxy groups -OCH3 is 1. The number of aromatic nitrogens is 3. The summed E-state index contributed by atoms with van der Waals surface area (Å²) in [5, 5.41) is 13.5. The first kappa shape index (κ1) is 57.6. The van der Waals surface area contributed by atoms with Gasteiger partial charge in [0, 0.05) is 62.2 Å². The molecule has 4 heterocycles. The lowest BCUT2D eigenvalue weighted by Crippen LogP contribution is -2.61. The second-order valence-electron chi connectivity index (χ2n) is 22.7. The predicted octanol–water partition coefficient (Wildman–Crippen LogP) is 5.76. The molecule has 18 heteroatoms. The number of para-hydroxylation sites is 1. The summed E-state index contributed by atoms with van der Waals surface area (Å²) in [6.45, 7) is 17.6. The summed E-state index contributed by atoms with van der Waals surface area (Å²) in [5.41, 5.74) is 2.36. The van der Waals surface area contributed by atoms with E-state index in [2.05, 4.69) is 42.4 Å². The molecule has 0 radical (unpaired) electrons. The molecule has 77 heavy (non-hydrogen) atoms. The van der Waals surface area contributed by atoms with Gasteiger partial charge in [-0.15, -0.1) is 6.58 Å². The molecule has 4 aromatic rings. The predicted molar refractivity (Wildman–Crippen MR) is 296 cm³/mol. The maximum Gasteiger partial charge on any atom is 0.316 e. The highest BCUT2D eigenvalue weighted by atomic mass is 16.5. The van der Waals surface area contributed by atoms with Crippen molar-refractivity contribution in [3.63, 3.8) is 0 Å². The van der Waals surface area contributed by atoms with Crippen LogP contribution in [-0.4, -0.2) is 141 Å². The zero-order valence-electron chi connectivity index (χ0n) is 46.6. The Morgan fingerprint density at radius 3 is 2.12 bits per heavy atom. The monoisotopic (exact) mass is 1060 g/mol. The fourth-order valence-electron chi connectivity index (χ4n) is 10.8. The van der Waals surface area contributed by atoms with Gasteiger partial charge in [0.1, 0.15) is 42.3 Å². The van der Waals surface area contributed by atoms with Crippen molar-refractivity contribution in [3.8, 4) is 6.01 Å². The molecule has 0 spiro atoms. The Bertz CT molecular complexity index is 2870. The lowest BCUT2D eigenvalue weighted by atomic mass is 9.80. The van der Waals surface area contributed by atoms with Crippen LogP contribution in [0.2, 0.25) is 0 Å². The van der Waals surface area contributed by atoms with Gasteiger partial charge in [-0.2, -0.15) is 4.98 Å². The standard InChI is InChI=1S/C59H80N10O8/c1-12-59(7,8)69-34-41(42-21-15-16-22-47(42)69)32-46-56(75)67(10)49(27-35(2)3)53(72)62-45(31-39-24-25-43-40(29-39)33-60-58(65-43)77-11)51(70)61-37(6)55(74)66(9)48-23-14-13-17-26-68(57(48)76)50(28-36(4)5)54(73)63-44(52(71)64-46)30-38-19-18-20-38/h12-16,21-22,24-25,29,33-38,44-46,48-50H,1,17-20,23,26-28,30-32H2,2-11H3,(H,61,70)(H,62,72)(H,63,73)(H,64,71)/b14-13-/t37-,44-,45-,46-,48-,49-,50-/m0/s1. The number of rotatable bonds is 13. The molecule has 2 aromatic heterocycles. The van der Waals surface area contributed by atoms with Crippen LogP contribution in [0.25, 0.3) is 21.8 Å². The number of nitrogens with one attached hydrogen (secondary N) is 4. The Morgan fingerprint density at radius 2 is 1.44 bits per heavy atom. The van der Waals surface area contributed by atoms with E-state index in [4.69, 9.17) is 4.74 Å². The Labute approximate surface area is 453 Å². The number of hydrogen-bond acceptors (Lipinski definition) is 10. The van der Waals surface area contributed by atoms with E-state index in [1.807, 2.05) is 96.3 Å². The number of benzene rings is 2. The van der Waals surface area contributed by atoms with Crippen LogP contribution in [0.5, 0.6) is 6.01 Å². The molecule has 1 saturated heterocycles. The molecule has 1 saturated carbocycles. The quantitative estimate of drug-likeness (QED) is 0.119. The fraction of sp³-hybridized carbons (Fsp3) is 0.542. The summed E-state index contributed by atoms with van der Waals surface area (Å²) in [4.78, 5) is 118. The van der Waals surface area contributed by atoms with Crippen molar-refractivity contribution in [1.29, 1.82) is 0 Å². The van der Waals surface area contributed by atoms with Crippen LogP contribution in [0.3, 0.4) is 0 Å². The van der Waals surface area contributed by atoms with Gasteiger partial charge in [0.05, 0.1) is 18.2 Å². The molecule has 414 valence electrons. The number of fused-ring (bicyclic) bond motifs is 4. The molecule has 4 N–H and O–H groups in total. The van der Waals surface area contributed by atoms with Crippen LogP contribution in [0.1, 0.15) is 111 Å². The number of amides is 7. The number of nitrogens with zero attached hydrogens (tertiary/aromatic N) is 6. The summed E-state index contributed by atoms with van der Waals surface area (Å²) < 4.78 is 7.31. The van der Waals surface area contributed by atoms with Crippen molar-refractivity contribution in [2.45, 2.75) is 161 Å². The second-order valence-corrected chi connectivity index (χ2v) is 22.7. The van der Waals surface area contributed by atoms with Crippen LogP contribution in [0.15, 0.2) is 79.7 Å². The lowest BCUT2D eigenvalue weighted by Gasteiger charge is -2.39. The van der Waals surface area contributed by atoms with E-state index < -0.39 is 89.2 Å². The highest BCUT2D eigenvalue weighted by Crippen LogP contribution is 2.32. The topological polar surface area (TPSA) is 217 Å². The number of likely N-dealkylation sites (N-methyl/N-ethyl adjacent to an activating group) is 2. The van der Waals surface area contributed by atoms with Gasteiger partial charge in [0.2, 0.25) is 41.4 Å². The molecule has 0 unspecified atom stereocenters. The Kier molecular flexibility index (Phi) is 18.6. The summed E-state index contributed by atoms with van der Waals surface area (Å²) in [7, 11) is 4.51. The van der Waals surface area contributed by atoms with Crippen molar-refractivity contribution < 1.29 is 38.3 Å². The summed E-state index contributed by atoms with van der Waals surface area (Å²) in [5.74, 6) is -3.99. The van der Waals surface area contributed by atoms with E-state index in [9.17, 15) is 14.4 Å². The van der Waals surface area contributed by atoms with Gasteiger partial charge in [-0.3, -0.25) is 33.6 Å². The minimum atomic E-state index is -1.27. The first-order valence-corrected chi connectivity index (χ1v) is 27.3. The van der Waals surface area contributed by atoms with E-state index >= 15 is 19.2 Å². The summed E-state index contributed by atoms with van der Waals surface area (Å²) in [6.07, 6.45) is 13.3. The zero-order chi connectivity index (χ0) is 55.9. The summed E-state index contributed by atoms with van der Waals surface area (Å²) in [6, 6.07) is 5.38. The van der Waals surface area contributed by atoms with Gasteiger partial charge in [-0.1, -0.05) is 89.5 Å². The molecule has 1 aliphatic carbocycles. The average Bonchev–Trinajstić information content (AvgIpc) is 3.76. The molecule has 18 nitrogen and oxygen atoms in total. The minimum Gasteiger partial charge on any atom is -0.467 e. The summed E-state index contributed by atoms with van der Waals surface area (Å²) >= 11 is 0. The smallest absolute Gasteiger partial charge is 0.316 e. The molecule has 7 amide bonds. The molecular weight excluding hydrogens is 977 g/mol. The zero-order valence-corrected chi connectivity index (χ0v) is 46.6. The highest BCUT2D eigenvalue weighted by molar-refractivity contribution is 5.99. The van der Waals surface area contributed by atoms with Crippen molar-refractivity contribution in [3.05, 3.63) is 90.8 Å². The third-order valence-corrected chi connectivity index (χ3v) is 15.6. The number of hydrogen-bond donors (Lipinski definition) is 4. The van der Waals surface area contributed by atoms with Gasteiger partial charge in [0.15, 0.2) is 0 Å². The molecule has 2 fully saturated rings. The molecule has 2 bridgehead atoms. The van der Waals surface area contributed by atoms with Crippen LogP contribution < -0.4 is 26.0 Å². The number of ether oxygens (including phenoxy) is 1. The minimum absolute atomic E-state index is 0.0188. The average molecular weight is 1060 g/mol. The second kappa shape index (κ2) is 24.9. The highest BCUT2D eigenvalue weighted by Gasteiger charge is 2.42. The number of allylic oxidation sites excluding steroid dienone is 1. The normalized spacial score (nSPS) is 24.6. The van der Waals surface area contributed by atoms with Gasteiger partial charge >= 0.3 is 6.01 Å². The van der Waals surface area contributed by atoms with Gasteiger partial charge < -0.3 is 45.3 Å². The Morgan fingerprint density at radius 1 is 0.779 bits per heavy atom. The first-order valence-electron chi connectivity index (χ1n) is 27.3. The van der Waals surface area contributed by atoms with E-state index in [0.717, 1.165) is 35.7 Å². The third kappa shape index (κ3) is 13.5. The Hall–Kier alpha value is -7.11. The van der Waals surface area contributed by atoms with Crippen molar-refractivity contribution in [2.75, 3.05) is 27.7 Å². The Balaban J connectivity index is 1.35. The number of carbonyl (C=O) groups is 7. The van der Waals surface area contributed by atoms with Gasteiger partial charge in [-0.05, 0) is 100.0 Å². The van der Waals surface area contributed by atoms with Crippen LogP contribution in [0, 0.1) is 17.8 Å². The third-order valence-electron chi connectivity index (χ3n) is 15.6. The number of carbonyl (C=O) groups excluding carboxylic acids is 7. The maximum absolute atomic E-state index is 15.5. The van der Waals surface area contributed by atoms with Crippen LogP contribution in [-0.2, 0) is 51.9 Å². The first-order chi connectivity index (χ1) is 36.6. The van der Waals surface area contributed by atoms with Gasteiger partial charge in [0.25, 0.3) is 0 Å². The molecule has 2 aromatic carbocycles. The molecule has 2 aliphatic heterocycles. The largest absolute Gasteiger partial charge is 0.467 e. The SMILES string of the molecule is C=CC(C)(C)n1cc(C[C@@H]2NC(=O)[C@H](CC3CCC3)NC(=O)[C@H](CC(C)C)N3CC/C=C\C[C@@H](C3=O)N(C)C(=O)[C@H](C)NC(=O)[C@H](Cc3ccc4nc(OC)ncc4c3)NC(=O)[C@H](CC(C)C)N(C)C2=O)c2ccccc21. The van der Waals surface area contributed by atoms with Crippen molar-refractivity contribution in [2.24, 2.45) is 17.8 Å². The molecule has 7 atom stereocenters. The van der Waals surface area contributed by atoms with Crippen molar-refractivity contribution >= 4 is 63.2 Å². The lowest BCUT2D eigenvalue weighted by molar-refractivity contribution is -0.150. The van der Waals surface area contributed by atoms with Crippen LogP contribution in [0.4, 0.5) is 0 Å². The van der Waals surface area contributed by atoms with E-state index in [0.29, 0.717) is 29.3 Å². The molecule has 7 rings (SSSR count). The maximum atomic E-state index is 15.5. The fourth-order valence-corrected chi connectivity index (χ4v) is 10.8. The van der Waals surface area contributed by atoms with Crippen molar-refractivity contribution in [1.82, 2.24) is 50.5 Å². The van der Waals surface area contributed by atoms with E-state index in [-0.39, 0.29) is 62.4 Å². The van der Waals surface area contributed by atoms with Crippen LogP contribution >= 0.6 is 0 Å². The molecular formula is C59H80N10O8. The van der Waals surface area contributed by atoms with E-state index in [1.54, 1.807) is 18.3 Å². The van der Waals surface area contributed by atoms with E-state index in [1.165, 1.54) is 42.8 Å². The van der Waals surface area contributed by atoms with Gasteiger partial charge in [-0.25, -0.2) is 4.98 Å².